The van der Waals surface area contributed by atoms with Gasteiger partial charge in [-0.25, -0.2) is 0 Å². The van der Waals surface area contributed by atoms with Crippen LogP contribution in [0, 0.1) is 0 Å². The summed E-state index contributed by atoms with van der Waals surface area (Å²) in [5.74, 6) is -3.30. The molecule has 3 saturated heterocycles. The Hall–Kier alpha value is -2.87. The van der Waals surface area contributed by atoms with Gasteiger partial charge in [0, 0.05) is 29.5 Å². The zero-order valence-electron chi connectivity index (χ0n) is 22.1. The molecule has 10 atom stereocenters. The third kappa shape index (κ3) is 3.25. The number of Topliss-reactive ketones (excluding diaryl/α,β-unsaturated/α-hetero) is 2. The highest BCUT2D eigenvalue weighted by atomic mass is 16.7. The SMILES string of the molecule is C[C@@H]1O[C@H]2CC(=O)O[C@@H]2C2=C1C(=O)c1c(O)c3c(c(O)c1C2=O)[C@@H]1C[C@H](O[C@H]2CC[C@H](O)[C@H](C)O2)[C@]3(O)[C@H](C)O1. The third-order valence-corrected chi connectivity index (χ3v) is 9.30. The number of esters is 1. The maximum absolute atomic E-state index is 13.9. The number of aliphatic hydroxyl groups is 2. The van der Waals surface area contributed by atoms with Gasteiger partial charge in [0.2, 0.25) is 0 Å². The summed E-state index contributed by atoms with van der Waals surface area (Å²) in [6.45, 7) is 4.88. The number of ether oxygens (including phenoxy) is 5. The summed E-state index contributed by atoms with van der Waals surface area (Å²) < 4.78 is 29.1. The lowest BCUT2D eigenvalue weighted by Crippen LogP contribution is -2.60. The van der Waals surface area contributed by atoms with E-state index in [1.165, 1.54) is 0 Å². The average molecular weight is 559 g/mol. The van der Waals surface area contributed by atoms with Crippen molar-refractivity contribution < 1.29 is 58.5 Å². The third-order valence-electron chi connectivity index (χ3n) is 9.30. The fourth-order valence-electron chi connectivity index (χ4n) is 7.31. The van der Waals surface area contributed by atoms with Crippen molar-refractivity contribution in [3.8, 4) is 11.5 Å². The molecule has 214 valence electrons. The molecule has 5 aliphatic heterocycles. The molecule has 7 aliphatic rings. The summed E-state index contributed by atoms with van der Waals surface area (Å²) in [6, 6.07) is 0. The number of ketones is 2. The Kier molecular flexibility index (Phi) is 5.58. The molecule has 12 heteroatoms. The number of phenols is 2. The second-order valence-corrected chi connectivity index (χ2v) is 11.5. The minimum Gasteiger partial charge on any atom is -0.507 e. The van der Waals surface area contributed by atoms with Crippen molar-refractivity contribution in [2.75, 3.05) is 0 Å². The highest BCUT2D eigenvalue weighted by Crippen LogP contribution is 2.60. The number of aromatic hydroxyl groups is 2. The number of carbonyl (C=O) groups excluding carboxylic acids is 3. The zero-order valence-corrected chi connectivity index (χ0v) is 22.1. The van der Waals surface area contributed by atoms with Crippen molar-refractivity contribution >= 4 is 17.5 Å². The summed E-state index contributed by atoms with van der Waals surface area (Å²) in [5.41, 5.74) is -3.13. The Bertz CT molecular complexity index is 1400. The summed E-state index contributed by atoms with van der Waals surface area (Å²) in [7, 11) is 0. The molecule has 0 spiro atoms. The van der Waals surface area contributed by atoms with Crippen molar-refractivity contribution in [1.29, 1.82) is 0 Å². The molecule has 3 fully saturated rings. The van der Waals surface area contributed by atoms with Gasteiger partial charge in [-0.1, -0.05) is 0 Å². The number of hydrogen-bond acceptors (Lipinski definition) is 12. The number of phenolic OH excluding ortho intramolecular Hbond substituents is 2. The Balaban J connectivity index is 1.35. The van der Waals surface area contributed by atoms with Gasteiger partial charge in [-0.3, -0.25) is 14.4 Å². The second kappa shape index (κ2) is 8.57. The van der Waals surface area contributed by atoms with Crippen LogP contribution < -0.4 is 0 Å². The Morgan fingerprint density at radius 2 is 1.62 bits per heavy atom. The molecule has 12 nitrogen and oxygen atoms in total. The van der Waals surface area contributed by atoms with E-state index in [1.54, 1.807) is 20.8 Å². The lowest BCUT2D eigenvalue weighted by Gasteiger charge is -2.54. The maximum Gasteiger partial charge on any atom is 0.309 e. The van der Waals surface area contributed by atoms with Gasteiger partial charge in [0.25, 0.3) is 0 Å². The van der Waals surface area contributed by atoms with E-state index in [0.717, 1.165) is 0 Å². The first-order chi connectivity index (χ1) is 18.9. The number of carbonyl (C=O) groups is 3. The van der Waals surface area contributed by atoms with E-state index in [4.69, 9.17) is 23.7 Å². The Morgan fingerprint density at radius 3 is 2.35 bits per heavy atom. The first-order valence-corrected chi connectivity index (χ1v) is 13.6. The van der Waals surface area contributed by atoms with Gasteiger partial charge in [-0.05, 0) is 27.2 Å². The molecule has 1 aromatic rings. The molecular weight excluding hydrogens is 528 g/mol. The molecule has 8 rings (SSSR count). The molecule has 40 heavy (non-hydrogen) atoms. The number of hydrogen-bond donors (Lipinski definition) is 4. The maximum atomic E-state index is 13.9. The molecule has 0 radical (unpaired) electrons. The van der Waals surface area contributed by atoms with E-state index in [-0.39, 0.29) is 35.1 Å². The van der Waals surface area contributed by atoms with Gasteiger partial charge in [0.1, 0.15) is 23.2 Å². The van der Waals surface area contributed by atoms with Gasteiger partial charge in [-0.2, -0.15) is 0 Å². The average Bonchev–Trinajstić information content (AvgIpc) is 3.26. The predicted octanol–water partition coefficient (Wildman–Crippen LogP) is 1.20. The smallest absolute Gasteiger partial charge is 0.309 e. The van der Waals surface area contributed by atoms with Crippen LogP contribution in [0.3, 0.4) is 0 Å². The van der Waals surface area contributed by atoms with E-state index in [0.29, 0.717) is 12.8 Å². The summed E-state index contributed by atoms with van der Waals surface area (Å²) in [4.78, 5) is 39.8. The number of benzene rings is 1. The molecule has 0 saturated carbocycles. The van der Waals surface area contributed by atoms with Crippen LogP contribution in [0.2, 0.25) is 0 Å². The molecular formula is C28H30O12. The summed E-state index contributed by atoms with van der Waals surface area (Å²) in [6.07, 6.45) is -6.55. The van der Waals surface area contributed by atoms with Gasteiger partial charge >= 0.3 is 5.97 Å². The summed E-state index contributed by atoms with van der Waals surface area (Å²) >= 11 is 0. The second-order valence-electron chi connectivity index (χ2n) is 11.5. The number of fused-ring (bicyclic) bond motifs is 5. The molecule has 1 aromatic carbocycles. The highest BCUT2D eigenvalue weighted by molar-refractivity contribution is 6.30. The topological polar surface area (TPSA) is 178 Å². The normalized spacial score (nSPS) is 41.8. The van der Waals surface area contributed by atoms with Gasteiger partial charge in [0.05, 0.1) is 59.7 Å². The fraction of sp³-hybridized carbons (Fsp3) is 0.607. The Morgan fingerprint density at radius 1 is 0.925 bits per heavy atom. The van der Waals surface area contributed by atoms with Crippen molar-refractivity contribution in [3.63, 3.8) is 0 Å². The highest BCUT2D eigenvalue weighted by Gasteiger charge is 2.62. The molecule has 2 aliphatic carbocycles. The van der Waals surface area contributed by atoms with E-state index in [2.05, 4.69) is 0 Å². The van der Waals surface area contributed by atoms with Gasteiger partial charge in [0.15, 0.2) is 24.0 Å². The van der Waals surface area contributed by atoms with Crippen molar-refractivity contribution in [2.45, 2.75) is 107 Å². The van der Waals surface area contributed by atoms with Crippen LogP contribution in [0.15, 0.2) is 11.1 Å². The molecule has 5 heterocycles. The zero-order chi connectivity index (χ0) is 28.4. The van der Waals surface area contributed by atoms with Gasteiger partial charge in [-0.15, -0.1) is 0 Å². The van der Waals surface area contributed by atoms with E-state index >= 15 is 0 Å². The van der Waals surface area contributed by atoms with Crippen LogP contribution in [0.25, 0.3) is 0 Å². The van der Waals surface area contributed by atoms with Crippen LogP contribution in [0.1, 0.15) is 84.4 Å². The number of rotatable bonds is 2. The molecule has 0 unspecified atom stereocenters. The van der Waals surface area contributed by atoms with Gasteiger partial charge < -0.3 is 44.1 Å². The fourth-order valence-corrected chi connectivity index (χ4v) is 7.31. The van der Waals surface area contributed by atoms with Crippen molar-refractivity contribution in [1.82, 2.24) is 0 Å². The van der Waals surface area contributed by atoms with Crippen LogP contribution in [0.5, 0.6) is 11.5 Å². The first kappa shape index (κ1) is 26.1. The van der Waals surface area contributed by atoms with E-state index in [1.807, 2.05) is 0 Å². The predicted molar refractivity (Wildman–Crippen MR) is 131 cm³/mol. The Labute approximate surface area is 228 Å². The van der Waals surface area contributed by atoms with Crippen LogP contribution >= 0.6 is 0 Å². The minimum atomic E-state index is -2.01. The van der Waals surface area contributed by atoms with Crippen LogP contribution in [-0.2, 0) is 34.1 Å². The molecule has 2 bridgehead atoms. The van der Waals surface area contributed by atoms with Crippen LogP contribution in [-0.4, -0.2) is 87.0 Å². The first-order valence-electron chi connectivity index (χ1n) is 13.6. The van der Waals surface area contributed by atoms with Crippen molar-refractivity contribution in [2.24, 2.45) is 0 Å². The monoisotopic (exact) mass is 558 g/mol. The van der Waals surface area contributed by atoms with E-state index < -0.39 is 101 Å². The lowest BCUT2D eigenvalue weighted by atomic mass is 9.66. The summed E-state index contributed by atoms with van der Waals surface area (Å²) in [5, 5.41) is 45.3. The molecule has 0 amide bonds. The number of aliphatic hydroxyl groups excluding tert-OH is 1. The van der Waals surface area contributed by atoms with E-state index in [9.17, 15) is 34.8 Å². The quantitative estimate of drug-likeness (QED) is 0.302. The largest absolute Gasteiger partial charge is 0.507 e. The minimum absolute atomic E-state index is 0.00956. The van der Waals surface area contributed by atoms with Crippen molar-refractivity contribution in [3.05, 3.63) is 33.4 Å². The lowest BCUT2D eigenvalue weighted by molar-refractivity contribution is -0.311. The molecule has 0 aromatic heterocycles. The standard InChI is InChI=1S/C28H30O12/c1-8-11(29)4-5-16(37-8)39-14-6-12-18-22(28(14,35)10(3)38-12)26(34)20-19(24(18)32)25(33)21-17(23(20)31)9(2)36-13-7-15(30)40-27(13)21/h8-14,16,27,29,32,34-35H,4-7H2,1-3H3/t8-,9-,10-,11-,12-,13-,14-,16-,27-,28+/m0/s1. The molecule has 4 N–H and O–H groups in total. The van der Waals surface area contributed by atoms with Crippen LogP contribution in [0.4, 0.5) is 0 Å².